The van der Waals surface area contributed by atoms with Gasteiger partial charge in [-0.1, -0.05) is 55.7 Å². The highest BCUT2D eigenvalue weighted by Gasteiger charge is 2.18. The van der Waals surface area contributed by atoms with Crippen LogP contribution in [-0.2, 0) is 11.3 Å². The number of methoxy groups -OCH3 is 1. The summed E-state index contributed by atoms with van der Waals surface area (Å²) in [5.74, 6) is 1.91. The average Bonchev–Trinajstić information content (AvgIpc) is 2.93. The molecule has 2 aromatic rings. The topological polar surface area (TPSA) is 69.0 Å². The summed E-state index contributed by atoms with van der Waals surface area (Å²) in [5.41, 5.74) is 0.920. The monoisotopic (exact) mass is 400 g/mol. The number of amides is 1. The average molecular weight is 401 g/mol. The van der Waals surface area contributed by atoms with Gasteiger partial charge in [-0.15, -0.1) is 16.8 Å². The number of benzene rings is 1. The third-order valence-electron chi connectivity index (χ3n) is 4.91. The molecular formula is C21H28N4O2S. The van der Waals surface area contributed by atoms with Gasteiger partial charge < -0.3 is 10.1 Å². The molecule has 3 rings (SSSR count). The lowest BCUT2D eigenvalue weighted by Gasteiger charge is -2.16. The van der Waals surface area contributed by atoms with Gasteiger partial charge in [0.25, 0.3) is 0 Å². The van der Waals surface area contributed by atoms with E-state index in [1.807, 2.05) is 34.9 Å². The first-order chi connectivity index (χ1) is 13.7. The second-order valence-corrected chi connectivity index (χ2v) is 7.92. The van der Waals surface area contributed by atoms with Crippen LogP contribution in [0, 0.1) is 0 Å². The van der Waals surface area contributed by atoms with Crippen LogP contribution in [0.5, 0.6) is 5.75 Å². The van der Waals surface area contributed by atoms with Crippen LogP contribution >= 0.6 is 11.8 Å². The highest BCUT2D eigenvalue weighted by atomic mass is 32.2. The molecule has 0 aliphatic heterocycles. The van der Waals surface area contributed by atoms with Crippen LogP contribution in [0.2, 0.25) is 0 Å². The number of ether oxygens (including phenoxy) is 1. The van der Waals surface area contributed by atoms with Crippen molar-refractivity contribution in [3.8, 4) is 17.1 Å². The van der Waals surface area contributed by atoms with Gasteiger partial charge in [0.05, 0.1) is 12.9 Å². The Morgan fingerprint density at radius 3 is 2.82 bits per heavy atom. The van der Waals surface area contributed by atoms with E-state index >= 15 is 0 Å². The van der Waals surface area contributed by atoms with Crippen molar-refractivity contribution in [2.45, 2.75) is 56.3 Å². The lowest BCUT2D eigenvalue weighted by atomic mass is 10.1. The lowest BCUT2D eigenvalue weighted by molar-refractivity contribution is -0.119. The summed E-state index contributed by atoms with van der Waals surface area (Å²) in [5, 5.41) is 12.5. The van der Waals surface area contributed by atoms with E-state index in [-0.39, 0.29) is 5.91 Å². The van der Waals surface area contributed by atoms with Gasteiger partial charge >= 0.3 is 0 Å². The van der Waals surface area contributed by atoms with Gasteiger partial charge in [-0.2, -0.15) is 0 Å². The van der Waals surface area contributed by atoms with Crippen LogP contribution in [0.3, 0.4) is 0 Å². The van der Waals surface area contributed by atoms with E-state index in [1.165, 1.54) is 37.4 Å². The minimum atomic E-state index is 0.0629. The van der Waals surface area contributed by atoms with Crippen LogP contribution in [0.1, 0.15) is 38.5 Å². The molecule has 1 saturated carbocycles. The number of carbonyl (C=O) groups excluding carboxylic acids is 1. The van der Waals surface area contributed by atoms with Crippen LogP contribution in [0.25, 0.3) is 11.4 Å². The molecule has 0 saturated heterocycles. The van der Waals surface area contributed by atoms with Crippen LogP contribution < -0.4 is 10.1 Å². The van der Waals surface area contributed by atoms with Gasteiger partial charge in [-0.05, 0) is 25.0 Å². The maximum atomic E-state index is 12.4. The van der Waals surface area contributed by atoms with Gasteiger partial charge in [0.15, 0.2) is 11.0 Å². The van der Waals surface area contributed by atoms with E-state index in [2.05, 4.69) is 22.1 Å². The number of nitrogens with one attached hydrogen (secondary N) is 1. The highest BCUT2D eigenvalue weighted by molar-refractivity contribution is 7.99. The standard InChI is InChI=1S/C21H28N4O2S/c1-3-13-25-20(16-9-8-12-18(14-16)27-2)23-24-21(25)28-15-19(26)22-17-10-6-4-5-7-11-17/h3,8-9,12,14,17H,1,4-7,10-11,13,15H2,2H3,(H,22,26). The van der Waals surface area contributed by atoms with Crippen LogP contribution in [0.4, 0.5) is 0 Å². The Morgan fingerprint density at radius 1 is 1.32 bits per heavy atom. The predicted molar refractivity (Wildman–Crippen MR) is 113 cm³/mol. The first kappa shape index (κ1) is 20.5. The van der Waals surface area contributed by atoms with Crippen molar-refractivity contribution in [1.29, 1.82) is 0 Å². The molecule has 1 aromatic heterocycles. The third kappa shape index (κ3) is 5.38. The molecule has 1 aromatic carbocycles. The molecule has 7 heteroatoms. The van der Waals surface area contributed by atoms with Crippen LogP contribution in [0.15, 0.2) is 42.1 Å². The van der Waals surface area contributed by atoms with Gasteiger partial charge in [-0.25, -0.2) is 0 Å². The van der Waals surface area contributed by atoms with E-state index < -0.39 is 0 Å². The molecule has 0 unspecified atom stereocenters. The van der Waals surface area contributed by atoms with Crippen molar-refractivity contribution in [3.63, 3.8) is 0 Å². The lowest BCUT2D eigenvalue weighted by Crippen LogP contribution is -2.35. The zero-order chi connectivity index (χ0) is 19.8. The van der Waals surface area contributed by atoms with Crippen molar-refractivity contribution < 1.29 is 9.53 Å². The molecule has 0 bridgehead atoms. The molecule has 0 radical (unpaired) electrons. The largest absolute Gasteiger partial charge is 0.497 e. The van der Waals surface area contributed by atoms with Crippen molar-refractivity contribution in [1.82, 2.24) is 20.1 Å². The number of thioether (sulfide) groups is 1. The van der Waals surface area contributed by atoms with Gasteiger partial charge in [0, 0.05) is 18.2 Å². The van der Waals surface area contributed by atoms with Crippen molar-refractivity contribution in [2.75, 3.05) is 12.9 Å². The third-order valence-corrected chi connectivity index (χ3v) is 5.88. The summed E-state index contributed by atoms with van der Waals surface area (Å²) >= 11 is 1.41. The Bertz CT molecular complexity index is 797. The molecule has 1 amide bonds. The van der Waals surface area contributed by atoms with E-state index in [1.54, 1.807) is 7.11 Å². The molecule has 1 aliphatic carbocycles. The first-order valence-electron chi connectivity index (χ1n) is 9.82. The molecule has 0 spiro atoms. The summed E-state index contributed by atoms with van der Waals surface area (Å²) in [4.78, 5) is 12.4. The molecule has 1 N–H and O–H groups in total. The van der Waals surface area contributed by atoms with Gasteiger partial charge in [-0.3, -0.25) is 9.36 Å². The van der Waals surface area contributed by atoms with Crippen molar-refractivity contribution in [2.24, 2.45) is 0 Å². The smallest absolute Gasteiger partial charge is 0.230 e. The predicted octanol–water partition coefficient (Wildman–Crippen LogP) is 4.07. The van der Waals surface area contributed by atoms with Gasteiger partial charge in [0.1, 0.15) is 5.75 Å². The quantitative estimate of drug-likeness (QED) is 0.411. The Labute approximate surface area is 170 Å². The molecule has 1 aliphatic rings. The second kappa shape index (κ2) is 10.3. The summed E-state index contributed by atoms with van der Waals surface area (Å²) in [7, 11) is 1.64. The zero-order valence-corrected chi connectivity index (χ0v) is 17.2. The Kier molecular flexibility index (Phi) is 7.54. The van der Waals surface area contributed by atoms with E-state index in [4.69, 9.17) is 4.74 Å². The molecule has 1 fully saturated rings. The fourth-order valence-corrected chi connectivity index (χ4v) is 4.25. The number of rotatable bonds is 8. The van der Waals surface area contributed by atoms with Crippen molar-refractivity contribution in [3.05, 3.63) is 36.9 Å². The SMILES string of the molecule is C=CCn1c(SCC(=O)NC2CCCCCC2)nnc1-c1cccc(OC)c1. The molecule has 0 atom stereocenters. The van der Waals surface area contributed by atoms with Crippen molar-refractivity contribution >= 4 is 17.7 Å². The molecular weight excluding hydrogens is 372 g/mol. The maximum Gasteiger partial charge on any atom is 0.230 e. The normalized spacial score (nSPS) is 15.0. The maximum absolute atomic E-state index is 12.4. The first-order valence-corrected chi connectivity index (χ1v) is 10.8. The van der Waals surface area contributed by atoms with E-state index in [0.29, 0.717) is 23.5 Å². The highest BCUT2D eigenvalue weighted by Crippen LogP contribution is 2.26. The minimum Gasteiger partial charge on any atom is -0.497 e. The van der Waals surface area contributed by atoms with Gasteiger partial charge in [0.2, 0.25) is 5.91 Å². The van der Waals surface area contributed by atoms with E-state index in [9.17, 15) is 4.79 Å². The Balaban J connectivity index is 1.67. The summed E-state index contributed by atoms with van der Waals surface area (Å²) in [6.45, 7) is 4.41. The minimum absolute atomic E-state index is 0.0629. The van der Waals surface area contributed by atoms with Crippen LogP contribution in [-0.4, -0.2) is 39.6 Å². The Morgan fingerprint density at radius 2 is 2.11 bits per heavy atom. The number of hydrogen-bond donors (Lipinski definition) is 1. The summed E-state index contributed by atoms with van der Waals surface area (Å²) in [6, 6.07) is 8.03. The second-order valence-electron chi connectivity index (χ2n) is 6.98. The summed E-state index contributed by atoms with van der Waals surface area (Å²) in [6.07, 6.45) is 8.94. The molecule has 1 heterocycles. The number of nitrogens with zero attached hydrogens (tertiary/aromatic N) is 3. The molecule has 150 valence electrons. The zero-order valence-electron chi connectivity index (χ0n) is 16.4. The summed E-state index contributed by atoms with van der Waals surface area (Å²) < 4.78 is 7.28. The Hall–Kier alpha value is -2.28. The fraction of sp³-hybridized carbons (Fsp3) is 0.476. The number of allylic oxidation sites excluding steroid dienone is 1. The fourth-order valence-electron chi connectivity index (χ4n) is 3.49. The number of carbonyl (C=O) groups is 1. The molecule has 28 heavy (non-hydrogen) atoms. The number of aromatic nitrogens is 3. The number of hydrogen-bond acceptors (Lipinski definition) is 5. The molecule has 6 nitrogen and oxygen atoms in total. The van der Waals surface area contributed by atoms with E-state index in [0.717, 1.165) is 30.0 Å².